The summed E-state index contributed by atoms with van der Waals surface area (Å²) in [4.78, 5) is 0. The summed E-state index contributed by atoms with van der Waals surface area (Å²) in [7, 11) is 0. The molecule has 200 valence electrons. The molecule has 3 saturated heterocycles. The molecule has 16 heteroatoms. The fourth-order valence-electron chi connectivity index (χ4n) is 3.97. The highest BCUT2D eigenvalue weighted by Crippen LogP contribution is 2.31. The van der Waals surface area contributed by atoms with Crippen LogP contribution in [0.15, 0.2) is 0 Å². The Kier molecular flexibility index (Phi) is 9.54. The lowest BCUT2D eigenvalue weighted by molar-refractivity contribution is -0.322. The first kappa shape index (κ1) is 27.9. The molecule has 16 nitrogen and oxygen atoms in total. The van der Waals surface area contributed by atoms with Crippen molar-refractivity contribution >= 4 is 0 Å². The van der Waals surface area contributed by atoms with Gasteiger partial charge in [-0.3, -0.25) is 0 Å². The van der Waals surface area contributed by atoms with Crippen LogP contribution in [0.2, 0.25) is 0 Å². The summed E-state index contributed by atoms with van der Waals surface area (Å²) in [6.45, 7) is -2.12. The second kappa shape index (κ2) is 11.6. The summed E-state index contributed by atoms with van der Waals surface area (Å²) >= 11 is 0. The minimum atomic E-state index is -1.85. The molecule has 0 aromatic rings. The van der Waals surface area contributed by atoms with Crippen LogP contribution < -0.4 is 0 Å². The average molecular weight is 504 g/mol. The van der Waals surface area contributed by atoms with Crippen LogP contribution in [0, 0.1) is 0 Å². The van der Waals surface area contributed by atoms with Crippen molar-refractivity contribution in [3.8, 4) is 0 Å². The highest BCUT2D eigenvalue weighted by Gasteiger charge is 2.52. The maximum Gasteiger partial charge on any atom is 0.187 e. The highest BCUT2D eigenvalue weighted by atomic mass is 16.7. The van der Waals surface area contributed by atoms with E-state index in [0.717, 1.165) is 0 Å². The fourth-order valence-corrected chi connectivity index (χ4v) is 3.97. The lowest BCUT2D eigenvalue weighted by Crippen LogP contribution is -2.61. The van der Waals surface area contributed by atoms with E-state index in [1.807, 2.05) is 0 Å². The third kappa shape index (κ3) is 5.52. The Morgan fingerprint density at radius 3 is 1.65 bits per heavy atom. The van der Waals surface area contributed by atoms with E-state index in [1.165, 1.54) is 0 Å². The molecule has 0 aromatic carbocycles. The van der Waals surface area contributed by atoms with Gasteiger partial charge in [-0.2, -0.15) is 0 Å². The van der Waals surface area contributed by atoms with Crippen LogP contribution in [0.5, 0.6) is 0 Å². The molecular weight excluding hydrogens is 472 g/mol. The SMILES string of the molecule is OC[C@H]1O[C@@H](OC[C@@H](O)[C@@H]2OC(O)[C@H](O)[C@H]2O[C@@H]2O[C@H](CO)[C@H](O)[C@H](O)[C@H]2O)[C@H](O)[C@@H](O)[C@H]1O. The van der Waals surface area contributed by atoms with Gasteiger partial charge in [-0.15, -0.1) is 0 Å². The van der Waals surface area contributed by atoms with Gasteiger partial charge in [0.15, 0.2) is 18.9 Å². The van der Waals surface area contributed by atoms with Gasteiger partial charge in [-0.25, -0.2) is 0 Å². The largest absolute Gasteiger partial charge is 0.394 e. The molecule has 3 heterocycles. The fraction of sp³-hybridized carbons (Fsp3) is 1.00. The number of rotatable bonds is 8. The van der Waals surface area contributed by atoms with Gasteiger partial charge in [-0.1, -0.05) is 0 Å². The third-order valence-corrected chi connectivity index (χ3v) is 6.05. The summed E-state index contributed by atoms with van der Waals surface area (Å²) < 4.78 is 26.1. The van der Waals surface area contributed by atoms with Crippen LogP contribution >= 0.6 is 0 Å². The average Bonchev–Trinajstić information content (AvgIpc) is 3.10. The van der Waals surface area contributed by atoms with E-state index in [2.05, 4.69) is 0 Å². The van der Waals surface area contributed by atoms with Crippen molar-refractivity contribution in [3.63, 3.8) is 0 Å². The molecule has 34 heavy (non-hydrogen) atoms. The first-order chi connectivity index (χ1) is 16.0. The summed E-state index contributed by atoms with van der Waals surface area (Å²) in [6.07, 6.45) is -24.6. The van der Waals surface area contributed by atoms with Crippen molar-refractivity contribution in [2.45, 2.75) is 92.1 Å². The zero-order chi connectivity index (χ0) is 25.3. The molecular formula is C18H32O16. The third-order valence-electron chi connectivity index (χ3n) is 6.05. The van der Waals surface area contributed by atoms with Crippen LogP contribution in [-0.2, 0) is 23.7 Å². The zero-order valence-corrected chi connectivity index (χ0v) is 17.7. The van der Waals surface area contributed by atoms with E-state index < -0.39 is 112 Å². The summed E-state index contributed by atoms with van der Waals surface area (Å²) in [6, 6.07) is 0. The van der Waals surface area contributed by atoms with E-state index in [1.54, 1.807) is 0 Å². The molecule has 11 N–H and O–H groups in total. The van der Waals surface area contributed by atoms with E-state index in [9.17, 15) is 56.2 Å². The minimum absolute atomic E-state index is 0.679. The second-order valence-electron chi connectivity index (χ2n) is 8.38. The number of hydrogen-bond acceptors (Lipinski definition) is 16. The molecule has 0 amide bonds. The summed E-state index contributed by atoms with van der Waals surface area (Å²) in [5.74, 6) is 0. The van der Waals surface area contributed by atoms with Gasteiger partial charge in [0.25, 0.3) is 0 Å². The van der Waals surface area contributed by atoms with Crippen LogP contribution in [0.25, 0.3) is 0 Å². The lowest BCUT2D eigenvalue weighted by atomic mass is 9.98. The number of aliphatic hydroxyl groups excluding tert-OH is 11. The Balaban J connectivity index is 1.64. The normalized spacial score (nSPS) is 50.9. The minimum Gasteiger partial charge on any atom is -0.394 e. The van der Waals surface area contributed by atoms with Crippen molar-refractivity contribution in [2.75, 3.05) is 19.8 Å². The van der Waals surface area contributed by atoms with E-state index >= 15 is 0 Å². The standard InChI is InChI=1S/C18H32O16/c19-1-5-7(22)9(24)11(26)17(31-5)30-3-4(21)14-15(13(28)16(29)33-14)34-18-12(27)10(25)8(23)6(2-20)32-18/h4-29H,1-3H2/t4-,5-,6-,7+,8+,9+,10+,11-,12-,13-,14+,15-,16?,17-,18+/m1/s1. The molecule has 3 fully saturated rings. The van der Waals surface area contributed by atoms with Crippen molar-refractivity contribution in [3.05, 3.63) is 0 Å². The zero-order valence-electron chi connectivity index (χ0n) is 17.7. The van der Waals surface area contributed by atoms with Gasteiger partial charge in [0.1, 0.15) is 73.2 Å². The van der Waals surface area contributed by atoms with Gasteiger partial charge in [0.2, 0.25) is 0 Å². The first-order valence-corrected chi connectivity index (χ1v) is 10.6. The van der Waals surface area contributed by atoms with Gasteiger partial charge in [0.05, 0.1) is 19.8 Å². The quantitative estimate of drug-likeness (QED) is 0.146. The Morgan fingerprint density at radius 1 is 0.618 bits per heavy atom. The van der Waals surface area contributed by atoms with Gasteiger partial charge in [0, 0.05) is 0 Å². The molecule has 3 aliphatic rings. The van der Waals surface area contributed by atoms with Crippen molar-refractivity contribution in [2.24, 2.45) is 0 Å². The smallest absolute Gasteiger partial charge is 0.187 e. The van der Waals surface area contributed by atoms with E-state index in [4.69, 9.17) is 23.7 Å². The van der Waals surface area contributed by atoms with Crippen molar-refractivity contribution in [1.29, 1.82) is 0 Å². The highest BCUT2D eigenvalue weighted by molar-refractivity contribution is 4.95. The molecule has 0 radical (unpaired) electrons. The predicted octanol–water partition coefficient (Wildman–Crippen LogP) is -7.57. The van der Waals surface area contributed by atoms with E-state index in [-0.39, 0.29) is 0 Å². The predicted molar refractivity (Wildman–Crippen MR) is 101 cm³/mol. The second-order valence-corrected chi connectivity index (χ2v) is 8.38. The summed E-state index contributed by atoms with van der Waals surface area (Å²) in [5, 5.41) is 109. The maximum absolute atomic E-state index is 10.5. The lowest BCUT2D eigenvalue weighted by Gasteiger charge is -2.41. The topological polar surface area (TPSA) is 269 Å². The molecule has 0 spiro atoms. The van der Waals surface area contributed by atoms with Crippen molar-refractivity contribution < 1.29 is 79.9 Å². The monoisotopic (exact) mass is 504 g/mol. The number of ether oxygens (including phenoxy) is 5. The number of hydrogen-bond donors (Lipinski definition) is 11. The molecule has 3 aliphatic heterocycles. The number of aliphatic hydroxyl groups is 11. The maximum atomic E-state index is 10.5. The Bertz CT molecular complexity index is 637. The first-order valence-electron chi connectivity index (χ1n) is 10.6. The van der Waals surface area contributed by atoms with E-state index in [0.29, 0.717) is 0 Å². The van der Waals surface area contributed by atoms with Crippen LogP contribution in [-0.4, -0.2) is 168 Å². The van der Waals surface area contributed by atoms with Crippen molar-refractivity contribution in [1.82, 2.24) is 0 Å². The molecule has 0 saturated carbocycles. The van der Waals surface area contributed by atoms with Gasteiger partial charge < -0.3 is 79.9 Å². The molecule has 0 aromatic heterocycles. The van der Waals surface area contributed by atoms with Crippen LogP contribution in [0.3, 0.4) is 0 Å². The Hall–Kier alpha value is -0.640. The molecule has 3 rings (SSSR count). The van der Waals surface area contributed by atoms with Gasteiger partial charge >= 0.3 is 0 Å². The Morgan fingerprint density at radius 2 is 1.12 bits per heavy atom. The molecule has 0 bridgehead atoms. The Labute approximate surface area is 192 Å². The summed E-state index contributed by atoms with van der Waals surface area (Å²) in [5.41, 5.74) is 0. The van der Waals surface area contributed by atoms with Crippen LogP contribution in [0.1, 0.15) is 0 Å². The molecule has 1 unspecified atom stereocenters. The van der Waals surface area contributed by atoms with Gasteiger partial charge in [-0.05, 0) is 0 Å². The molecule has 15 atom stereocenters. The van der Waals surface area contributed by atoms with Crippen LogP contribution in [0.4, 0.5) is 0 Å². The molecule has 0 aliphatic carbocycles.